The molecule has 0 bridgehead atoms. The van der Waals surface area contributed by atoms with Gasteiger partial charge in [-0.25, -0.2) is 9.97 Å². The Morgan fingerprint density at radius 2 is 1.78 bits per heavy atom. The second-order valence-corrected chi connectivity index (χ2v) is 6.31. The first kappa shape index (κ1) is 15.6. The molecule has 0 radical (unpaired) electrons. The highest BCUT2D eigenvalue weighted by Crippen LogP contribution is 2.28. The maximum absolute atomic E-state index is 6.28. The number of benzene rings is 1. The number of hydrogen-bond donors (Lipinski definition) is 3. The number of hydrogen-bond acceptors (Lipinski definition) is 5. The van der Waals surface area contributed by atoms with Crippen molar-refractivity contribution in [3.8, 4) is 0 Å². The van der Waals surface area contributed by atoms with Crippen LogP contribution in [0.2, 0.25) is 0 Å². The molecule has 0 aliphatic heterocycles. The average Bonchev–Trinajstić information content (AvgIpc) is 2.80. The quantitative estimate of drug-likeness (QED) is 0.736. The molecule has 0 amide bonds. The van der Waals surface area contributed by atoms with Crippen LogP contribution in [0.3, 0.4) is 0 Å². The van der Waals surface area contributed by atoms with Gasteiger partial charge in [0.1, 0.15) is 12.0 Å². The van der Waals surface area contributed by atoms with Crippen LogP contribution >= 0.6 is 0 Å². The van der Waals surface area contributed by atoms with Crippen LogP contribution in [0.4, 0.5) is 23.0 Å². The highest BCUT2D eigenvalue weighted by Gasteiger charge is 2.15. The Balaban J connectivity index is 1.75. The molecular weight excluding hydrogens is 286 g/mol. The number of nitrogens with two attached hydrogens (primary N) is 1. The van der Waals surface area contributed by atoms with Crippen LogP contribution in [0.5, 0.6) is 0 Å². The van der Waals surface area contributed by atoms with Crippen LogP contribution in [-0.4, -0.2) is 16.0 Å². The van der Waals surface area contributed by atoms with Crippen LogP contribution in [-0.2, 0) is 0 Å². The van der Waals surface area contributed by atoms with Crippen molar-refractivity contribution in [1.82, 2.24) is 9.97 Å². The van der Waals surface area contributed by atoms with E-state index in [9.17, 15) is 0 Å². The molecule has 3 rings (SSSR count). The molecule has 1 aromatic carbocycles. The highest BCUT2D eigenvalue weighted by molar-refractivity contribution is 5.77. The van der Waals surface area contributed by atoms with Gasteiger partial charge in [-0.1, -0.05) is 37.8 Å². The number of aryl methyl sites for hydroxylation is 1. The zero-order valence-electron chi connectivity index (χ0n) is 13.7. The summed E-state index contributed by atoms with van der Waals surface area (Å²) in [6.45, 7) is 2.06. The number of nitrogens with one attached hydrogen (secondary N) is 2. The normalized spacial score (nSPS) is 15.9. The van der Waals surface area contributed by atoms with E-state index in [2.05, 4.69) is 39.7 Å². The fourth-order valence-electron chi connectivity index (χ4n) is 3.09. The summed E-state index contributed by atoms with van der Waals surface area (Å²) < 4.78 is 0. The molecule has 0 unspecified atom stereocenters. The van der Waals surface area contributed by atoms with E-state index in [0.29, 0.717) is 17.5 Å². The van der Waals surface area contributed by atoms with E-state index < -0.39 is 0 Å². The van der Waals surface area contributed by atoms with Gasteiger partial charge in [-0.2, -0.15) is 0 Å². The Bertz CT molecular complexity index is 648. The van der Waals surface area contributed by atoms with E-state index in [1.54, 1.807) is 6.33 Å². The van der Waals surface area contributed by atoms with Gasteiger partial charge < -0.3 is 16.4 Å². The third kappa shape index (κ3) is 4.12. The SMILES string of the molecule is Cc1cccc(Nc2ncnc(NC3CCCCCC3)c2N)c1. The fourth-order valence-corrected chi connectivity index (χ4v) is 3.09. The Kier molecular flexibility index (Phi) is 4.95. The molecular formula is C18H25N5. The van der Waals surface area contributed by atoms with Crippen molar-refractivity contribution in [3.05, 3.63) is 36.2 Å². The number of aromatic nitrogens is 2. The number of nitrogens with zero attached hydrogens (tertiary/aromatic N) is 2. The van der Waals surface area contributed by atoms with Gasteiger partial charge in [0.15, 0.2) is 11.6 Å². The zero-order chi connectivity index (χ0) is 16.1. The van der Waals surface area contributed by atoms with Crippen LogP contribution in [0, 0.1) is 6.92 Å². The summed E-state index contributed by atoms with van der Waals surface area (Å²) in [6, 6.07) is 8.61. The number of rotatable bonds is 4. The van der Waals surface area contributed by atoms with Crippen molar-refractivity contribution in [2.45, 2.75) is 51.5 Å². The fraction of sp³-hybridized carbons (Fsp3) is 0.444. The maximum Gasteiger partial charge on any atom is 0.159 e. The Labute approximate surface area is 137 Å². The third-order valence-electron chi connectivity index (χ3n) is 4.36. The van der Waals surface area contributed by atoms with Crippen molar-refractivity contribution in [3.63, 3.8) is 0 Å². The lowest BCUT2D eigenvalue weighted by molar-refractivity contribution is 0.618. The Morgan fingerprint density at radius 1 is 1.04 bits per heavy atom. The van der Waals surface area contributed by atoms with E-state index in [1.807, 2.05) is 12.1 Å². The molecule has 1 aliphatic carbocycles. The summed E-state index contributed by atoms with van der Waals surface area (Å²) in [4.78, 5) is 8.62. The molecule has 1 heterocycles. The van der Waals surface area contributed by atoms with Crippen molar-refractivity contribution in [1.29, 1.82) is 0 Å². The molecule has 5 nitrogen and oxygen atoms in total. The molecule has 0 atom stereocenters. The summed E-state index contributed by atoms with van der Waals surface area (Å²) in [6.07, 6.45) is 9.14. The second kappa shape index (κ2) is 7.31. The summed E-state index contributed by atoms with van der Waals surface area (Å²) in [5.41, 5.74) is 9.03. The monoisotopic (exact) mass is 311 g/mol. The summed E-state index contributed by atoms with van der Waals surface area (Å²) in [5, 5.41) is 6.80. The van der Waals surface area contributed by atoms with Gasteiger partial charge in [0, 0.05) is 11.7 Å². The van der Waals surface area contributed by atoms with Gasteiger partial charge in [-0.3, -0.25) is 0 Å². The first-order chi connectivity index (χ1) is 11.2. The molecule has 5 heteroatoms. The molecule has 2 aromatic rings. The molecule has 0 spiro atoms. The molecule has 1 fully saturated rings. The van der Waals surface area contributed by atoms with Crippen LogP contribution in [0.1, 0.15) is 44.1 Å². The van der Waals surface area contributed by atoms with Gasteiger partial charge in [0.2, 0.25) is 0 Å². The van der Waals surface area contributed by atoms with Gasteiger partial charge >= 0.3 is 0 Å². The van der Waals surface area contributed by atoms with Crippen molar-refractivity contribution in [2.75, 3.05) is 16.4 Å². The predicted molar refractivity (Wildman–Crippen MR) is 96.0 cm³/mol. The van der Waals surface area contributed by atoms with Crippen molar-refractivity contribution >= 4 is 23.0 Å². The minimum absolute atomic E-state index is 0.460. The summed E-state index contributed by atoms with van der Waals surface area (Å²) in [7, 11) is 0. The van der Waals surface area contributed by atoms with Crippen LogP contribution in [0.15, 0.2) is 30.6 Å². The molecule has 1 aromatic heterocycles. The van der Waals surface area contributed by atoms with E-state index >= 15 is 0 Å². The maximum atomic E-state index is 6.28. The van der Waals surface area contributed by atoms with E-state index in [-0.39, 0.29) is 0 Å². The minimum atomic E-state index is 0.460. The Hall–Kier alpha value is -2.30. The number of nitrogen functional groups attached to an aromatic ring is 1. The van der Waals surface area contributed by atoms with Gasteiger partial charge in [0.05, 0.1) is 0 Å². The van der Waals surface area contributed by atoms with Crippen molar-refractivity contribution < 1.29 is 0 Å². The lowest BCUT2D eigenvalue weighted by Crippen LogP contribution is -2.20. The lowest BCUT2D eigenvalue weighted by Gasteiger charge is -2.19. The lowest BCUT2D eigenvalue weighted by atomic mass is 10.1. The van der Waals surface area contributed by atoms with Gasteiger partial charge in [-0.15, -0.1) is 0 Å². The standard InChI is InChI=1S/C18H25N5/c1-13-7-6-10-15(11-13)23-18-16(19)17(20-12-21-18)22-14-8-4-2-3-5-9-14/h6-7,10-12,14H,2-5,8-9,19H2,1H3,(H2,20,21,22,23). The van der Waals surface area contributed by atoms with Crippen molar-refractivity contribution in [2.24, 2.45) is 0 Å². The molecule has 4 N–H and O–H groups in total. The first-order valence-electron chi connectivity index (χ1n) is 8.43. The largest absolute Gasteiger partial charge is 0.393 e. The minimum Gasteiger partial charge on any atom is -0.393 e. The second-order valence-electron chi connectivity index (χ2n) is 6.31. The molecule has 1 aliphatic rings. The van der Waals surface area contributed by atoms with Gasteiger partial charge in [0.25, 0.3) is 0 Å². The van der Waals surface area contributed by atoms with Crippen LogP contribution in [0.25, 0.3) is 0 Å². The molecule has 122 valence electrons. The topological polar surface area (TPSA) is 75.9 Å². The van der Waals surface area contributed by atoms with E-state index in [1.165, 1.54) is 44.1 Å². The van der Waals surface area contributed by atoms with E-state index in [0.717, 1.165) is 11.5 Å². The molecule has 0 saturated heterocycles. The predicted octanol–water partition coefficient (Wildman–Crippen LogP) is 4.25. The summed E-state index contributed by atoms with van der Waals surface area (Å²) >= 11 is 0. The highest BCUT2D eigenvalue weighted by atomic mass is 15.1. The van der Waals surface area contributed by atoms with E-state index in [4.69, 9.17) is 5.73 Å². The average molecular weight is 311 g/mol. The molecule has 1 saturated carbocycles. The molecule has 23 heavy (non-hydrogen) atoms. The smallest absolute Gasteiger partial charge is 0.159 e. The van der Waals surface area contributed by atoms with Crippen LogP contribution < -0.4 is 16.4 Å². The first-order valence-corrected chi connectivity index (χ1v) is 8.43. The third-order valence-corrected chi connectivity index (χ3v) is 4.36. The summed E-state index contributed by atoms with van der Waals surface area (Å²) in [5.74, 6) is 1.39. The Morgan fingerprint density at radius 3 is 2.52 bits per heavy atom. The zero-order valence-corrected chi connectivity index (χ0v) is 13.7. The van der Waals surface area contributed by atoms with Gasteiger partial charge in [-0.05, 0) is 37.5 Å². The number of anilines is 4.